The fourth-order valence-electron chi connectivity index (χ4n) is 2.93. The lowest BCUT2D eigenvalue weighted by Gasteiger charge is -2.03. The van der Waals surface area contributed by atoms with Gasteiger partial charge in [-0.25, -0.2) is 0 Å². The first-order valence-electron chi connectivity index (χ1n) is 6.60. The van der Waals surface area contributed by atoms with Crippen molar-refractivity contribution in [1.29, 1.82) is 0 Å². The van der Waals surface area contributed by atoms with Gasteiger partial charge in [-0.3, -0.25) is 4.98 Å². The SMILES string of the molecule is COc1ccc2[nH]c3c(C)cc4cnccc4c3c2c1. The Morgan fingerprint density at radius 3 is 2.85 bits per heavy atom. The molecule has 0 unspecified atom stereocenters. The molecule has 0 radical (unpaired) electrons. The number of benzene rings is 2. The van der Waals surface area contributed by atoms with Crippen LogP contribution in [0, 0.1) is 6.92 Å². The Hall–Kier alpha value is -2.55. The van der Waals surface area contributed by atoms with Gasteiger partial charge in [0.05, 0.1) is 12.6 Å². The average molecular weight is 262 g/mol. The summed E-state index contributed by atoms with van der Waals surface area (Å²) < 4.78 is 5.36. The molecule has 2 heterocycles. The first-order chi connectivity index (χ1) is 9.78. The van der Waals surface area contributed by atoms with Crippen LogP contribution in [0.15, 0.2) is 42.7 Å². The highest BCUT2D eigenvalue weighted by Gasteiger charge is 2.11. The van der Waals surface area contributed by atoms with Crippen LogP contribution in [-0.2, 0) is 0 Å². The predicted octanol–water partition coefficient (Wildman–Crippen LogP) is 4.19. The average Bonchev–Trinajstić information content (AvgIpc) is 2.87. The van der Waals surface area contributed by atoms with E-state index in [1.54, 1.807) is 7.11 Å². The number of nitrogens with zero attached hydrogens (tertiary/aromatic N) is 1. The summed E-state index contributed by atoms with van der Waals surface area (Å²) in [5.41, 5.74) is 3.55. The standard InChI is InChI=1S/C17H14N2O/c1-10-7-11-9-18-6-5-13(11)16-14-8-12(20-2)3-4-15(14)19-17(10)16/h3-9,19H,1-2H3. The molecule has 1 N–H and O–H groups in total. The van der Waals surface area contributed by atoms with Crippen LogP contribution in [0.2, 0.25) is 0 Å². The number of aryl methyl sites for hydroxylation is 1. The molecule has 0 spiro atoms. The summed E-state index contributed by atoms with van der Waals surface area (Å²) in [5, 5.41) is 4.83. The molecule has 2 aromatic carbocycles. The second-order valence-corrected chi connectivity index (χ2v) is 5.08. The first-order valence-corrected chi connectivity index (χ1v) is 6.60. The highest BCUT2D eigenvalue weighted by atomic mass is 16.5. The number of hydrogen-bond donors (Lipinski definition) is 1. The minimum Gasteiger partial charge on any atom is -0.497 e. The van der Waals surface area contributed by atoms with Crippen molar-refractivity contribution in [2.24, 2.45) is 0 Å². The molecule has 0 aliphatic heterocycles. The molecule has 0 aliphatic carbocycles. The van der Waals surface area contributed by atoms with Crippen molar-refractivity contribution >= 4 is 32.6 Å². The molecule has 3 nitrogen and oxygen atoms in total. The van der Waals surface area contributed by atoms with E-state index >= 15 is 0 Å². The van der Waals surface area contributed by atoms with Crippen molar-refractivity contribution in [3.63, 3.8) is 0 Å². The number of H-pyrrole nitrogens is 1. The summed E-state index contributed by atoms with van der Waals surface area (Å²) in [5.74, 6) is 0.877. The third kappa shape index (κ3) is 1.43. The highest BCUT2D eigenvalue weighted by molar-refractivity contribution is 6.21. The number of methoxy groups -OCH3 is 1. The fraction of sp³-hybridized carbons (Fsp3) is 0.118. The molecule has 3 heteroatoms. The molecule has 0 bridgehead atoms. The van der Waals surface area contributed by atoms with Crippen molar-refractivity contribution in [2.45, 2.75) is 6.92 Å². The van der Waals surface area contributed by atoms with Gasteiger partial charge < -0.3 is 9.72 Å². The molecule has 0 aliphatic rings. The minimum atomic E-state index is 0.877. The van der Waals surface area contributed by atoms with Gasteiger partial charge in [0, 0.05) is 34.1 Å². The second kappa shape index (κ2) is 3.97. The van der Waals surface area contributed by atoms with Crippen LogP contribution in [0.4, 0.5) is 0 Å². The van der Waals surface area contributed by atoms with E-state index in [4.69, 9.17) is 4.74 Å². The molecule has 4 rings (SSSR count). The molecule has 4 aromatic rings. The van der Waals surface area contributed by atoms with Gasteiger partial charge in [-0.2, -0.15) is 0 Å². The fourth-order valence-corrected chi connectivity index (χ4v) is 2.93. The van der Waals surface area contributed by atoms with Crippen LogP contribution < -0.4 is 4.74 Å². The van der Waals surface area contributed by atoms with E-state index < -0.39 is 0 Å². The molecule has 0 amide bonds. The Morgan fingerprint density at radius 1 is 1.10 bits per heavy atom. The topological polar surface area (TPSA) is 37.9 Å². The van der Waals surface area contributed by atoms with Gasteiger partial charge in [0.15, 0.2) is 0 Å². The lowest BCUT2D eigenvalue weighted by atomic mass is 10.0. The number of pyridine rings is 1. The third-order valence-electron chi connectivity index (χ3n) is 3.89. The highest BCUT2D eigenvalue weighted by Crippen LogP contribution is 2.35. The van der Waals surface area contributed by atoms with Crippen LogP contribution in [0.5, 0.6) is 5.75 Å². The number of fused-ring (bicyclic) bond motifs is 5. The second-order valence-electron chi connectivity index (χ2n) is 5.08. The number of ether oxygens (including phenoxy) is 1. The van der Waals surface area contributed by atoms with Gasteiger partial charge >= 0.3 is 0 Å². The lowest BCUT2D eigenvalue weighted by Crippen LogP contribution is -1.82. The molecule has 2 aromatic heterocycles. The van der Waals surface area contributed by atoms with Gasteiger partial charge in [0.1, 0.15) is 5.75 Å². The molecular weight excluding hydrogens is 248 g/mol. The monoisotopic (exact) mass is 262 g/mol. The molecule has 20 heavy (non-hydrogen) atoms. The summed E-state index contributed by atoms with van der Waals surface area (Å²) in [6.07, 6.45) is 3.76. The Balaban J connectivity index is 2.30. The van der Waals surface area contributed by atoms with E-state index in [1.165, 1.54) is 32.6 Å². The smallest absolute Gasteiger partial charge is 0.119 e. The van der Waals surface area contributed by atoms with Gasteiger partial charge in [-0.05, 0) is 48.2 Å². The van der Waals surface area contributed by atoms with Crippen molar-refractivity contribution in [3.05, 3.63) is 48.3 Å². The first kappa shape index (κ1) is 11.3. The Labute approximate surface area is 116 Å². The van der Waals surface area contributed by atoms with E-state index in [1.807, 2.05) is 18.5 Å². The number of aromatic nitrogens is 2. The maximum absolute atomic E-state index is 5.36. The number of rotatable bonds is 1. The zero-order valence-electron chi connectivity index (χ0n) is 11.4. The van der Waals surface area contributed by atoms with Crippen LogP contribution in [0.25, 0.3) is 32.6 Å². The van der Waals surface area contributed by atoms with Crippen LogP contribution >= 0.6 is 0 Å². The summed E-state index contributed by atoms with van der Waals surface area (Å²) in [7, 11) is 1.70. The van der Waals surface area contributed by atoms with E-state index in [-0.39, 0.29) is 0 Å². The van der Waals surface area contributed by atoms with Gasteiger partial charge in [0.2, 0.25) is 0 Å². The predicted molar refractivity (Wildman–Crippen MR) is 82.4 cm³/mol. The minimum absolute atomic E-state index is 0.877. The van der Waals surface area contributed by atoms with E-state index in [9.17, 15) is 0 Å². The summed E-state index contributed by atoms with van der Waals surface area (Å²) in [6, 6.07) is 10.4. The third-order valence-corrected chi connectivity index (χ3v) is 3.89. The largest absolute Gasteiger partial charge is 0.497 e. The maximum atomic E-state index is 5.36. The Kier molecular flexibility index (Phi) is 2.24. The van der Waals surface area contributed by atoms with E-state index in [0.717, 1.165) is 11.3 Å². The number of nitrogens with one attached hydrogen (secondary N) is 1. The van der Waals surface area contributed by atoms with Crippen molar-refractivity contribution < 1.29 is 4.74 Å². The number of aromatic amines is 1. The molecule has 98 valence electrons. The van der Waals surface area contributed by atoms with Gasteiger partial charge in [-0.1, -0.05) is 0 Å². The quantitative estimate of drug-likeness (QED) is 0.558. The van der Waals surface area contributed by atoms with Gasteiger partial charge in [0.25, 0.3) is 0 Å². The van der Waals surface area contributed by atoms with E-state index in [0.29, 0.717) is 0 Å². The summed E-state index contributed by atoms with van der Waals surface area (Å²) >= 11 is 0. The Bertz CT molecular complexity index is 953. The molecular formula is C17H14N2O. The molecule has 0 atom stereocenters. The normalized spacial score (nSPS) is 11.5. The molecule has 0 saturated heterocycles. The zero-order valence-corrected chi connectivity index (χ0v) is 11.4. The maximum Gasteiger partial charge on any atom is 0.119 e. The summed E-state index contributed by atoms with van der Waals surface area (Å²) in [6.45, 7) is 2.13. The van der Waals surface area contributed by atoms with Crippen molar-refractivity contribution in [1.82, 2.24) is 9.97 Å². The lowest BCUT2D eigenvalue weighted by molar-refractivity contribution is 0.415. The zero-order chi connectivity index (χ0) is 13.7. The molecule has 0 fully saturated rings. The summed E-state index contributed by atoms with van der Waals surface area (Å²) in [4.78, 5) is 7.74. The van der Waals surface area contributed by atoms with Gasteiger partial charge in [-0.15, -0.1) is 0 Å². The van der Waals surface area contributed by atoms with Crippen molar-refractivity contribution in [3.8, 4) is 5.75 Å². The van der Waals surface area contributed by atoms with Crippen LogP contribution in [0.1, 0.15) is 5.56 Å². The van der Waals surface area contributed by atoms with E-state index in [2.05, 4.69) is 41.2 Å². The number of hydrogen-bond acceptors (Lipinski definition) is 2. The van der Waals surface area contributed by atoms with Crippen LogP contribution in [-0.4, -0.2) is 17.1 Å². The van der Waals surface area contributed by atoms with Crippen LogP contribution in [0.3, 0.4) is 0 Å². The Morgan fingerprint density at radius 2 is 2.00 bits per heavy atom. The molecule has 0 saturated carbocycles. The van der Waals surface area contributed by atoms with Crippen molar-refractivity contribution in [2.75, 3.05) is 7.11 Å².